The van der Waals surface area contributed by atoms with E-state index in [0.29, 0.717) is 13.0 Å². The molecule has 3 rings (SSSR count). The Morgan fingerprint density at radius 3 is 2.56 bits per heavy atom. The molecule has 1 aliphatic rings. The summed E-state index contributed by atoms with van der Waals surface area (Å²) in [6, 6.07) is 15.7. The molecule has 1 saturated heterocycles. The third-order valence-corrected chi connectivity index (χ3v) is 4.62. The quantitative estimate of drug-likeness (QED) is 0.815. The van der Waals surface area contributed by atoms with Gasteiger partial charge in [-0.3, -0.25) is 4.79 Å². The molecule has 25 heavy (non-hydrogen) atoms. The third kappa shape index (κ3) is 4.89. The van der Waals surface area contributed by atoms with Crippen LogP contribution >= 0.6 is 11.6 Å². The fourth-order valence-electron chi connectivity index (χ4n) is 3.01. The summed E-state index contributed by atoms with van der Waals surface area (Å²) in [5, 5.41) is 0.740. The van der Waals surface area contributed by atoms with Crippen molar-refractivity contribution in [3.8, 4) is 5.75 Å². The molecule has 2 aromatic rings. The summed E-state index contributed by atoms with van der Waals surface area (Å²) in [7, 11) is 0. The number of hydrogen-bond donors (Lipinski definition) is 0. The monoisotopic (exact) mass is 358 g/mol. The number of benzene rings is 2. The molecule has 1 amide bonds. The average Bonchev–Trinajstić information content (AvgIpc) is 2.62. The molecule has 2 aromatic carbocycles. The minimum absolute atomic E-state index is 0.151. The topological polar surface area (TPSA) is 32.8 Å². The summed E-state index contributed by atoms with van der Waals surface area (Å²) in [5.41, 5.74) is 2.27. The molecule has 1 fully saturated rings. The molecule has 5 heteroatoms. The van der Waals surface area contributed by atoms with Gasteiger partial charge in [0.2, 0.25) is 5.91 Å². The van der Waals surface area contributed by atoms with Crippen molar-refractivity contribution in [2.75, 3.05) is 37.7 Å². The number of aryl methyl sites for hydroxylation is 1. The van der Waals surface area contributed by atoms with Gasteiger partial charge in [0.1, 0.15) is 5.75 Å². The summed E-state index contributed by atoms with van der Waals surface area (Å²) in [6.45, 7) is 5.55. The van der Waals surface area contributed by atoms with Gasteiger partial charge >= 0.3 is 0 Å². The zero-order valence-corrected chi connectivity index (χ0v) is 15.2. The highest BCUT2D eigenvalue weighted by molar-refractivity contribution is 6.30. The molecule has 0 radical (unpaired) electrons. The van der Waals surface area contributed by atoms with E-state index in [4.69, 9.17) is 16.3 Å². The van der Waals surface area contributed by atoms with Crippen LogP contribution in [0.4, 0.5) is 5.69 Å². The SMILES string of the molecule is Cc1cccc(OCCC(=O)N2CCN(c3cccc(Cl)c3)CC2)c1. The minimum Gasteiger partial charge on any atom is -0.493 e. The number of anilines is 1. The summed E-state index contributed by atoms with van der Waals surface area (Å²) in [4.78, 5) is 16.5. The second-order valence-electron chi connectivity index (χ2n) is 6.26. The maximum absolute atomic E-state index is 12.4. The van der Waals surface area contributed by atoms with Crippen molar-refractivity contribution < 1.29 is 9.53 Å². The van der Waals surface area contributed by atoms with Gasteiger partial charge in [-0.1, -0.05) is 29.8 Å². The van der Waals surface area contributed by atoms with Crippen LogP contribution in [0.5, 0.6) is 5.75 Å². The van der Waals surface area contributed by atoms with Gasteiger partial charge in [-0.2, -0.15) is 0 Å². The van der Waals surface area contributed by atoms with Crippen LogP contribution in [0.15, 0.2) is 48.5 Å². The highest BCUT2D eigenvalue weighted by Crippen LogP contribution is 2.21. The Kier molecular flexibility index (Phi) is 5.82. The van der Waals surface area contributed by atoms with Crippen LogP contribution in [0.25, 0.3) is 0 Å². The lowest BCUT2D eigenvalue weighted by Gasteiger charge is -2.36. The van der Waals surface area contributed by atoms with Gasteiger partial charge in [-0.15, -0.1) is 0 Å². The Bertz CT molecular complexity index is 727. The fraction of sp³-hybridized carbons (Fsp3) is 0.350. The van der Waals surface area contributed by atoms with E-state index < -0.39 is 0 Å². The first-order chi connectivity index (χ1) is 12.1. The van der Waals surface area contributed by atoms with Crippen LogP contribution in [-0.4, -0.2) is 43.6 Å². The van der Waals surface area contributed by atoms with Gasteiger partial charge in [-0.05, 0) is 42.8 Å². The first-order valence-electron chi connectivity index (χ1n) is 8.59. The first-order valence-corrected chi connectivity index (χ1v) is 8.97. The molecule has 132 valence electrons. The van der Waals surface area contributed by atoms with E-state index in [2.05, 4.69) is 11.0 Å². The number of carbonyl (C=O) groups excluding carboxylic acids is 1. The van der Waals surface area contributed by atoms with Crippen LogP contribution in [0.2, 0.25) is 5.02 Å². The number of nitrogens with zero attached hydrogens (tertiary/aromatic N) is 2. The molecular formula is C20H23ClN2O2. The number of carbonyl (C=O) groups is 1. The summed E-state index contributed by atoms with van der Waals surface area (Å²) < 4.78 is 5.68. The molecule has 0 saturated carbocycles. The first kappa shape index (κ1) is 17.6. The number of halogens is 1. The highest BCUT2D eigenvalue weighted by Gasteiger charge is 2.21. The number of hydrogen-bond acceptors (Lipinski definition) is 3. The average molecular weight is 359 g/mol. The number of ether oxygens (including phenoxy) is 1. The maximum atomic E-state index is 12.4. The lowest BCUT2D eigenvalue weighted by molar-refractivity contribution is -0.132. The van der Waals surface area contributed by atoms with Gasteiger partial charge in [0.05, 0.1) is 13.0 Å². The summed E-state index contributed by atoms with van der Waals surface area (Å²) in [6.07, 6.45) is 0.408. The number of amides is 1. The number of piperazine rings is 1. The van der Waals surface area contributed by atoms with E-state index in [1.807, 2.05) is 54.3 Å². The predicted octanol–water partition coefficient (Wildman–Crippen LogP) is 3.77. The van der Waals surface area contributed by atoms with Crippen LogP contribution < -0.4 is 9.64 Å². The molecule has 0 spiro atoms. The van der Waals surface area contributed by atoms with Crippen molar-refractivity contribution >= 4 is 23.2 Å². The zero-order valence-electron chi connectivity index (χ0n) is 14.5. The van der Waals surface area contributed by atoms with Crippen molar-refractivity contribution in [1.82, 2.24) is 4.90 Å². The number of rotatable bonds is 5. The van der Waals surface area contributed by atoms with E-state index in [-0.39, 0.29) is 5.91 Å². The zero-order chi connectivity index (χ0) is 17.6. The molecular weight excluding hydrogens is 336 g/mol. The Morgan fingerprint density at radius 1 is 1.08 bits per heavy atom. The molecule has 1 heterocycles. The fourth-order valence-corrected chi connectivity index (χ4v) is 3.19. The molecule has 0 unspecified atom stereocenters. The van der Waals surface area contributed by atoms with Crippen LogP contribution in [-0.2, 0) is 4.79 Å². The predicted molar refractivity (Wildman–Crippen MR) is 102 cm³/mol. The van der Waals surface area contributed by atoms with E-state index in [9.17, 15) is 4.79 Å². The van der Waals surface area contributed by atoms with Gasteiger partial charge in [0.15, 0.2) is 0 Å². The van der Waals surface area contributed by atoms with Gasteiger partial charge in [0.25, 0.3) is 0 Å². The van der Waals surface area contributed by atoms with E-state index in [1.54, 1.807) is 0 Å². The van der Waals surface area contributed by atoms with Crippen molar-refractivity contribution in [2.24, 2.45) is 0 Å². The second-order valence-corrected chi connectivity index (χ2v) is 6.70. The van der Waals surface area contributed by atoms with Crippen LogP contribution in [0, 0.1) is 6.92 Å². The van der Waals surface area contributed by atoms with Crippen molar-refractivity contribution in [1.29, 1.82) is 0 Å². The molecule has 1 aliphatic heterocycles. The summed E-state index contributed by atoms with van der Waals surface area (Å²) >= 11 is 6.06. The maximum Gasteiger partial charge on any atom is 0.226 e. The van der Waals surface area contributed by atoms with E-state index >= 15 is 0 Å². The summed E-state index contributed by atoms with van der Waals surface area (Å²) in [5.74, 6) is 0.969. The van der Waals surface area contributed by atoms with Crippen molar-refractivity contribution in [3.05, 3.63) is 59.1 Å². The lowest BCUT2D eigenvalue weighted by atomic mass is 10.2. The van der Waals surface area contributed by atoms with E-state index in [1.165, 1.54) is 0 Å². The minimum atomic E-state index is 0.151. The highest BCUT2D eigenvalue weighted by atomic mass is 35.5. The Hall–Kier alpha value is -2.20. The van der Waals surface area contributed by atoms with Crippen LogP contribution in [0.1, 0.15) is 12.0 Å². The lowest BCUT2D eigenvalue weighted by Crippen LogP contribution is -2.49. The standard InChI is InChI=1S/C20H23ClN2O2/c1-16-4-2-7-19(14-16)25-13-8-20(24)23-11-9-22(10-12-23)18-6-3-5-17(21)15-18/h2-7,14-15H,8-13H2,1H3. The normalized spacial score (nSPS) is 14.5. The Balaban J connectivity index is 1.44. The Labute approximate surface area is 154 Å². The molecule has 4 nitrogen and oxygen atoms in total. The Morgan fingerprint density at radius 2 is 1.84 bits per heavy atom. The molecule has 0 aromatic heterocycles. The van der Waals surface area contributed by atoms with Gasteiger partial charge in [-0.25, -0.2) is 0 Å². The van der Waals surface area contributed by atoms with Gasteiger partial charge < -0.3 is 14.5 Å². The second kappa shape index (κ2) is 8.26. The third-order valence-electron chi connectivity index (χ3n) is 4.38. The van der Waals surface area contributed by atoms with Crippen molar-refractivity contribution in [3.63, 3.8) is 0 Å². The molecule has 0 bridgehead atoms. The molecule has 0 aliphatic carbocycles. The smallest absolute Gasteiger partial charge is 0.226 e. The molecule has 0 atom stereocenters. The van der Waals surface area contributed by atoms with Crippen LogP contribution in [0.3, 0.4) is 0 Å². The molecule has 0 N–H and O–H groups in total. The van der Waals surface area contributed by atoms with Crippen molar-refractivity contribution in [2.45, 2.75) is 13.3 Å². The largest absolute Gasteiger partial charge is 0.493 e. The van der Waals surface area contributed by atoms with Gasteiger partial charge in [0, 0.05) is 36.9 Å². The van der Waals surface area contributed by atoms with E-state index in [0.717, 1.165) is 48.2 Å².